The van der Waals surface area contributed by atoms with E-state index in [0.29, 0.717) is 22.6 Å². The van der Waals surface area contributed by atoms with Gasteiger partial charge in [-0.25, -0.2) is 4.39 Å². The second-order valence-corrected chi connectivity index (χ2v) is 4.98. The molecule has 2 aromatic carbocycles. The Hall–Kier alpha value is -2.95. The summed E-state index contributed by atoms with van der Waals surface area (Å²) in [5.74, 6) is -0.174. The molecule has 3 rings (SSSR count). The number of benzene rings is 2. The van der Waals surface area contributed by atoms with Crippen molar-refractivity contribution in [2.75, 3.05) is 0 Å². The smallest absolute Gasteiger partial charge is 0.310 e. The van der Waals surface area contributed by atoms with Gasteiger partial charge in [0.05, 0.1) is 5.56 Å². The van der Waals surface area contributed by atoms with Crippen molar-refractivity contribution in [1.82, 2.24) is 0 Å². The fourth-order valence-electron chi connectivity index (χ4n) is 2.14. The molecule has 0 saturated heterocycles. The van der Waals surface area contributed by atoms with Crippen molar-refractivity contribution < 1.29 is 23.5 Å². The molecule has 0 radical (unpaired) electrons. The SMILES string of the molecule is CCC(=O)Oc1ccc2c(c1)OC(=Cc1ccc(F)cc1)C2=O. The van der Waals surface area contributed by atoms with Crippen LogP contribution in [0, 0.1) is 5.82 Å². The van der Waals surface area contributed by atoms with Gasteiger partial charge in [0.1, 0.15) is 17.3 Å². The second kappa shape index (κ2) is 6.04. The predicted octanol–water partition coefficient (Wildman–Crippen LogP) is 3.76. The lowest BCUT2D eigenvalue weighted by Crippen LogP contribution is -2.05. The van der Waals surface area contributed by atoms with Gasteiger partial charge in [-0.1, -0.05) is 19.1 Å². The van der Waals surface area contributed by atoms with Gasteiger partial charge in [0.2, 0.25) is 5.78 Å². The van der Waals surface area contributed by atoms with Gasteiger partial charge in [0, 0.05) is 12.5 Å². The summed E-state index contributed by atoms with van der Waals surface area (Å²) in [5.41, 5.74) is 1.05. The van der Waals surface area contributed by atoms with Crippen molar-refractivity contribution in [1.29, 1.82) is 0 Å². The number of esters is 1. The predicted molar refractivity (Wildman–Crippen MR) is 81.7 cm³/mol. The van der Waals surface area contributed by atoms with Crippen LogP contribution in [0.4, 0.5) is 4.39 Å². The molecule has 0 atom stereocenters. The molecular formula is C18H13FO4. The Balaban J connectivity index is 1.86. The molecule has 0 aromatic heterocycles. The Kier molecular flexibility index (Phi) is 3.93. The second-order valence-electron chi connectivity index (χ2n) is 4.98. The van der Waals surface area contributed by atoms with Crippen molar-refractivity contribution in [2.24, 2.45) is 0 Å². The highest BCUT2D eigenvalue weighted by Gasteiger charge is 2.27. The maximum absolute atomic E-state index is 12.9. The van der Waals surface area contributed by atoms with Crippen LogP contribution in [0.5, 0.6) is 11.5 Å². The fraction of sp³-hybridized carbons (Fsp3) is 0.111. The van der Waals surface area contributed by atoms with Gasteiger partial charge in [0.15, 0.2) is 5.76 Å². The van der Waals surface area contributed by atoms with E-state index in [1.165, 1.54) is 18.2 Å². The first-order valence-corrected chi connectivity index (χ1v) is 7.11. The molecule has 116 valence electrons. The summed E-state index contributed by atoms with van der Waals surface area (Å²) in [6, 6.07) is 10.3. The number of allylic oxidation sites excluding steroid dienone is 1. The monoisotopic (exact) mass is 312 g/mol. The number of rotatable bonds is 3. The van der Waals surface area contributed by atoms with Crippen LogP contribution in [0.3, 0.4) is 0 Å². The van der Waals surface area contributed by atoms with Gasteiger partial charge < -0.3 is 9.47 Å². The Labute approximate surface area is 132 Å². The molecule has 0 N–H and O–H groups in total. The Morgan fingerprint density at radius 3 is 2.65 bits per heavy atom. The zero-order valence-electron chi connectivity index (χ0n) is 12.3. The van der Waals surface area contributed by atoms with E-state index in [0.717, 1.165) is 0 Å². The molecular weight excluding hydrogens is 299 g/mol. The number of halogens is 1. The largest absolute Gasteiger partial charge is 0.452 e. The topological polar surface area (TPSA) is 52.6 Å². The number of carbonyl (C=O) groups excluding carboxylic acids is 2. The van der Waals surface area contributed by atoms with E-state index in [1.807, 2.05) is 0 Å². The summed E-state index contributed by atoms with van der Waals surface area (Å²) in [6.07, 6.45) is 1.80. The molecule has 1 aliphatic rings. The molecule has 4 nitrogen and oxygen atoms in total. The average Bonchev–Trinajstić information content (AvgIpc) is 2.85. The lowest BCUT2D eigenvalue weighted by atomic mass is 10.1. The minimum Gasteiger partial charge on any atom is -0.452 e. The number of hydrogen-bond donors (Lipinski definition) is 0. The van der Waals surface area contributed by atoms with Crippen molar-refractivity contribution in [2.45, 2.75) is 13.3 Å². The van der Waals surface area contributed by atoms with E-state index in [1.54, 1.807) is 37.3 Å². The number of carbonyl (C=O) groups is 2. The molecule has 0 aliphatic carbocycles. The van der Waals surface area contributed by atoms with Crippen molar-refractivity contribution in [3.8, 4) is 11.5 Å². The average molecular weight is 312 g/mol. The van der Waals surface area contributed by atoms with Crippen LogP contribution in [0.25, 0.3) is 6.08 Å². The van der Waals surface area contributed by atoms with E-state index in [4.69, 9.17) is 9.47 Å². The molecule has 2 aromatic rings. The minimum atomic E-state index is -0.364. The number of Topliss-reactive ketones (excluding diaryl/α,β-unsaturated/α-hetero) is 1. The summed E-state index contributed by atoms with van der Waals surface area (Å²) in [4.78, 5) is 23.6. The maximum atomic E-state index is 12.9. The van der Waals surface area contributed by atoms with Gasteiger partial charge in [-0.2, -0.15) is 0 Å². The lowest BCUT2D eigenvalue weighted by Gasteiger charge is -2.03. The van der Waals surface area contributed by atoms with E-state index in [-0.39, 0.29) is 29.7 Å². The number of ketones is 1. The first-order valence-electron chi connectivity index (χ1n) is 7.11. The Morgan fingerprint density at radius 1 is 1.22 bits per heavy atom. The highest BCUT2D eigenvalue weighted by atomic mass is 19.1. The summed E-state index contributed by atoms with van der Waals surface area (Å²) in [7, 11) is 0. The van der Waals surface area contributed by atoms with Crippen LogP contribution in [-0.4, -0.2) is 11.8 Å². The van der Waals surface area contributed by atoms with E-state index in [2.05, 4.69) is 0 Å². The molecule has 0 fully saturated rings. The van der Waals surface area contributed by atoms with Crippen molar-refractivity contribution >= 4 is 17.8 Å². The van der Waals surface area contributed by atoms with Crippen LogP contribution in [-0.2, 0) is 4.79 Å². The summed E-state index contributed by atoms with van der Waals surface area (Å²) in [5, 5.41) is 0. The molecule has 0 spiro atoms. The standard InChI is InChI=1S/C18H13FO4/c1-2-17(20)22-13-7-8-14-15(10-13)23-16(18(14)21)9-11-3-5-12(19)6-4-11/h3-10H,2H2,1H3. The van der Waals surface area contributed by atoms with Gasteiger partial charge in [-0.15, -0.1) is 0 Å². The van der Waals surface area contributed by atoms with Crippen molar-refractivity contribution in [3.63, 3.8) is 0 Å². The maximum Gasteiger partial charge on any atom is 0.310 e. The van der Waals surface area contributed by atoms with Crippen LogP contribution in [0.15, 0.2) is 48.2 Å². The minimum absolute atomic E-state index is 0.144. The quantitative estimate of drug-likeness (QED) is 0.492. The van der Waals surface area contributed by atoms with Crippen molar-refractivity contribution in [3.05, 3.63) is 65.2 Å². The molecule has 1 heterocycles. The Bertz CT molecular complexity index is 806. The van der Waals surface area contributed by atoms with Gasteiger partial charge in [0.25, 0.3) is 0 Å². The van der Waals surface area contributed by atoms with Crippen LogP contribution < -0.4 is 9.47 Å². The first-order chi connectivity index (χ1) is 11.1. The Morgan fingerprint density at radius 2 is 1.96 bits per heavy atom. The normalized spacial score (nSPS) is 14.5. The lowest BCUT2D eigenvalue weighted by molar-refractivity contribution is -0.134. The van der Waals surface area contributed by atoms with Crippen LogP contribution in [0.2, 0.25) is 0 Å². The molecule has 0 amide bonds. The van der Waals surface area contributed by atoms with Gasteiger partial charge >= 0.3 is 5.97 Å². The molecule has 0 bridgehead atoms. The summed E-state index contributed by atoms with van der Waals surface area (Å²) >= 11 is 0. The van der Waals surface area contributed by atoms with Gasteiger partial charge in [-0.05, 0) is 35.9 Å². The molecule has 0 saturated carbocycles. The third kappa shape index (κ3) is 3.13. The highest BCUT2D eigenvalue weighted by molar-refractivity contribution is 6.14. The van der Waals surface area contributed by atoms with E-state index in [9.17, 15) is 14.0 Å². The number of ether oxygens (including phenoxy) is 2. The highest BCUT2D eigenvalue weighted by Crippen LogP contribution is 2.35. The first kappa shape index (κ1) is 15.0. The van der Waals surface area contributed by atoms with Crippen LogP contribution >= 0.6 is 0 Å². The summed E-state index contributed by atoms with van der Waals surface area (Å²) < 4.78 is 23.5. The third-order valence-electron chi connectivity index (χ3n) is 3.33. The van der Waals surface area contributed by atoms with E-state index < -0.39 is 0 Å². The summed E-state index contributed by atoms with van der Waals surface area (Å²) in [6.45, 7) is 1.69. The third-order valence-corrected chi connectivity index (χ3v) is 3.33. The van der Waals surface area contributed by atoms with Crippen LogP contribution in [0.1, 0.15) is 29.3 Å². The molecule has 0 unspecified atom stereocenters. The molecule has 1 aliphatic heterocycles. The molecule has 23 heavy (non-hydrogen) atoms. The number of fused-ring (bicyclic) bond motifs is 1. The molecule has 5 heteroatoms. The zero-order chi connectivity index (χ0) is 16.4. The van der Waals surface area contributed by atoms with Gasteiger partial charge in [-0.3, -0.25) is 9.59 Å². The zero-order valence-corrected chi connectivity index (χ0v) is 12.3. The fourth-order valence-corrected chi connectivity index (χ4v) is 2.14. The number of hydrogen-bond acceptors (Lipinski definition) is 4. The van der Waals surface area contributed by atoms with E-state index >= 15 is 0 Å².